The average molecular weight is 387 g/mol. The van der Waals surface area contributed by atoms with Gasteiger partial charge in [0.25, 0.3) is 0 Å². The minimum atomic E-state index is -0.598. The van der Waals surface area contributed by atoms with E-state index < -0.39 is 17.5 Å². The quantitative estimate of drug-likeness (QED) is 0.828. The Labute approximate surface area is 162 Å². The highest BCUT2D eigenvalue weighted by Gasteiger charge is 2.26. The Kier molecular flexibility index (Phi) is 5.81. The molecule has 0 bridgehead atoms. The van der Waals surface area contributed by atoms with Crippen LogP contribution in [0.5, 0.6) is 0 Å². The largest absolute Gasteiger partial charge is 0.453 e. The lowest BCUT2D eigenvalue weighted by Crippen LogP contribution is -2.46. The molecule has 0 aliphatic carbocycles. The number of rotatable bonds is 4. The van der Waals surface area contributed by atoms with E-state index in [2.05, 4.69) is 15.3 Å². The number of benzene rings is 1. The number of nitrogens with one attached hydrogen (secondary N) is 2. The Morgan fingerprint density at radius 3 is 2.64 bits per heavy atom. The number of carbonyl (C=O) groups is 1. The zero-order chi connectivity index (χ0) is 20.3. The number of ether oxygens (including phenoxy) is 1. The van der Waals surface area contributed by atoms with Gasteiger partial charge >= 0.3 is 17.5 Å². The molecule has 1 fully saturated rings. The number of amides is 1. The molecule has 2 N–H and O–H groups in total. The fourth-order valence-corrected chi connectivity index (χ4v) is 3.48. The van der Waals surface area contributed by atoms with Gasteiger partial charge in [-0.3, -0.25) is 4.98 Å². The van der Waals surface area contributed by atoms with Crippen LogP contribution in [0.4, 0.5) is 10.7 Å². The molecule has 1 amide bonds. The third kappa shape index (κ3) is 4.24. The standard InChI is InChI=1S/C19H25N5O4/c1-12-5-4-6-14(11-12)13(2)20-16-21-17(25)24(18(26)22-16)15-7-9-23(10-8-15)19(27)28-3/h4-6,11,13,15H,7-10H2,1-3H3,(H2,20,21,22,25,26)/t13-/m0/s1. The molecule has 2 aromatic rings. The lowest BCUT2D eigenvalue weighted by atomic mass is 10.1. The molecule has 1 saturated heterocycles. The first-order chi connectivity index (χ1) is 13.4. The molecular formula is C19H25N5O4. The van der Waals surface area contributed by atoms with Gasteiger partial charge in [0.1, 0.15) is 0 Å². The predicted molar refractivity (Wildman–Crippen MR) is 105 cm³/mol. The molecular weight excluding hydrogens is 362 g/mol. The highest BCUT2D eigenvalue weighted by molar-refractivity contribution is 5.67. The molecule has 0 spiro atoms. The number of nitrogens with zero attached hydrogens (tertiary/aromatic N) is 3. The molecule has 3 rings (SSSR count). The smallest absolute Gasteiger partial charge is 0.409 e. The zero-order valence-electron chi connectivity index (χ0n) is 16.3. The highest BCUT2D eigenvalue weighted by Crippen LogP contribution is 2.20. The molecule has 0 saturated carbocycles. The minimum absolute atomic E-state index is 0.124. The number of aromatic nitrogens is 3. The minimum Gasteiger partial charge on any atom is -0.453 e. The van der Waals surface area contributed by atoms with Gasteiger partial charge in [0.05, 0.1) is 13.2 Å². The van der Waals surface area contributed by atoms with Crippen LogP contribution in [0.1, 0.15) is 43.0 Å². The average Bonchev–Trinajstić information content (AvgIpc) is 2.67. The molecule has 1 atom stereocenters. The number of hydrogen-bond acceptors (Lipinski definition) is 6. The van der Waals surface area contributed by atoms with Crippen LogP contribution >= 0.6 is 0 Å². The van der Waals surface area contributed by atoms with Crippen molar-refractivity contribution in [3.8, 4) is 0 Å². The number of anilines is 1. The molecule has 1 aliphatic heterocycles. The fraction of sp³-hybridized carbons (Fsp3) is 0.474. The first-order valence-electron chi connectivity index (χ1n) is 9.28. The van der Waals surface area contributed by atoms with Crippen LogP contribution in [-0.2, 0) is 4.74 Å². The van der Waals surface area contributed by atoms with E-state index in [-0.39, 0.29) is 18.0 Å². The molecule has 0 unspecified atom stereocenters. The van der Waals surface area contributed by atoms with E-state index in [4.69, 9.17) is 4.74 Å². The third-order valence-electron chi connectivity index (χ3n) is 5.02. The number of H-pyrrole nitrogens is 1. The molecule has 2 heterocycles. The van der Waals surface area contributed by atoms with Crippen molar-refractivity contribution in [2.75, 3.05) is 25.5 Å². The number of aromatic amines is 1. The van der Waals surface area contributed by atoms with Crippen molar-refractivity contribution in [2.24, 2.45) is 0 Å². The number of hydrogen-bond donors (Lipinski definition) is 2. The van der Waals surface area contributed by atoms with Crippen LogP contribution in [0.25, 0.3) is 0 Å². The van der Waals surface area contributed by atoms with Gasteiger partial charge in [0.15, 0.2) is 0 Å². The van der Waals surface area contributed by atoms with E-state index in [1.165, 1.54) is 7.11 Å². The van der Waals surface area contributed by atoms with Crippen molar-refractivity contribution in [1.29, 1.82) is 0 Å². The summed E-state index contributed by atoms with van der Waals surface area (Å²) < 4.78 is 5.84. The predicted octanol–water partition coefficient (Wildman–Crippen LogP) is 1.82. The van der Waals surface area contributed by atoms with Gasteiger partial charge in [-0.15, -0.1) is 0 Å². The second kappa shape index (κ2) is 8.28. The monoisotopic (exact) mass is 387 g/mol. The first kappa shape index (κ1) is 19.7. The van der Waals surface area contributed by atoms with Gasteiger partial charge in [0.2, 0.25) is 5.95 Å². The van der Waals surface area contributed by atoms with Crippen molar-refractivity contribution in [3.63, 3.8) is 0 Å². The summed E-state index contributed by atoms with van der Waals surface area (Å²) in [4.78, 5) is 44.8. The zero-order valence-corrected chi connectivity index (χ0v) is 16.3. The maximum Gasteiger partial charge on any atom is 0.409 e. The van der Waals surface area contributed by atoms with E-state index in [1.54, 1.807) is 4.90 Å². The fourth-order valence-electron chi connectivity index (χ4n) is 3.48. The molecule has 0 radical (unpaired) electrons. The summed E-state index contributed by atoms with van der Waals surface area (Å²) in [5, 5.41) is 3.08. The second-order valence-electron chi connectivity index (χ2n) is 7.01. The van der Waals surface area contributed by atoms with E-state index >= 15 is 0 Å². The summed E-state index contributed by atoms with van der Waals surface area (Å²) in [5.41, 5.74) is 1.05. The van der Waals surface area contributed by atoms with E-state index in [1.807, 2.05) is 38.1 Å². The van der Waals surface area contributed by atoms with Crippen molar-refractivity contribution in [1.82, 2.24) is 19.4 Å². The number of aryl methyl sites for hydroxylation is 1. The summed E-state index contributed by atoms with van der Waals surface area (Å²) in [5.74, 6) is 0.146. The van der Waals surface area contributed by atoms with Crippen molar-refractivity contribution < 1.29 is 9.53 Å². The van der Waals surface area contributed by atoms with E-state index in [9.17, 15) is 14.4 Å². The van der Waals surface area contributed by atoms with Crippen LogP contribution in [-0.4, -0.2) is 45.7 Å². The highest BCUT2D eigenvalue weighted by atomic mass is 16.5. The maximum absolute atomic E-state index is 12.5. The molecule has 1 aromatic heterocycles. The van der Waals surface area contributed by atoms with Gasteiger partial charge in [-0.2, -0.15) is 4.98 Å². The van der Waals surface area contributed by atoms with Gasteiger partial charge in [0, 0.05) is 19.1 Å². The molecule has 9 nitrogen and oxygen atoms in total. The maximum atomic E-state index is 12.5. The van der Waals surface area contributed by atoms with E-state index in [0.717, 1.165) is 15.7 Å². The normalized spacial score (nSPS) is 15.9. The van der Waals surface area contributed by atoms with Crippen LogP contribution in [0.15, 0.2) is 33.9 Å². The van der Waals surface area contributed by atoms with Gasteiger partial charge in [-0.1, -0.05) is 29.8 Å². The Morgan fingerprint density at radius 1 is 1.32 bits per heavy atom. The Morgan fingerprint density at radius 2 is 2.04 bits per heavy atom. The van der Waals surface area contributed by atoms with Crippen LogP contribution in [0.3, 0.4) is 0 Å². The lowest BCUT2D eigenvalue weighted by Gasteiger charge is -2.31. The Balaban J connectivity index is 1.74. The molecule has 9 heteroatoms. The first-order valence-corrected chi connectivity index (χ1v) is 9.28. The van der Waals surface area contributed by atoms with Crippen molar-refractivity contribution >= 4 is 12.0 Å². The van der Waals surface area contributed by atoms with Gasteiger partial charge < -0.3 is 15.0 Å². The molecule has 1 aliphatic rings. The van der Waals surface area contributed by atoms with Gasteiger partial charge in [-0.05, 0) is 32.3 Å². The van der Waals surface area contributed by atoms with Crippen LogP contribution in [0, 0.1) is 6.92 Å². The molecule has 1 aromatic carbocycles. The number of piperidine rings is 1. The molecule has 28 heavy (non-hydrogen) atoms. The summed E-state index contributed by atoms with van der Waals surface area (Å²) >= 11 is 0. The summed E-state index contributed by atoms with van der Waals surface area (Å²) in [7, 11) is 1.33. The van der Waals surface area contributed by atoms with Crippen molar-refractivity contribution in [2.45, 2.75) is 38.8 Å². The third-order valence-corrected chi connectivity index (χ3v) is 5.02. The Bertz CT molecular complexity index is 928. The van der Waals surface area contributed by atoms with Crippen LogP contribution < -0.4 is 16.7 Å². The lowest BCUT2D eigenvalue weighted by molar-refractivity contribution is 0.106. The Hall–Kier alpha value is -3.10. The van der Waals surface area contributed by atoms with Gasteiger partial charge in [-0.25, -0.2) is 19.0 Å². The van der Waals surface area contributed by atoms with E-state index in [0.29, 0.717) is 25.9 Å². The second-order valence-corrected chi connectivity index (χ2v) is 7.01. The summed E-state index contributed by atoms with van der Waals surface area (Å²) in [6.45, 7) is 4.78. The number of methoxy groups -OCH3 is 1. The molecule has 150 valence electrons. The number of likely N-dealkylation sites (tertiary alicyclic amines) is 1. The summed E-state index contributed by atoms with van der Waals surface area (Å²) in [6.07, 6.45) is 0.584. The SMILES string of the molecule is COC(=O)N1CCC(n2c(=O)nc(N[C@@H](C)c3cccc(C)c3)[nH]c2=O)CC1. The summed E-state index contributed by atoms with van der Waals surface area (Å²) in [6, 6.07) is 7.54. The van der Waals surface area contributed by atoms with Crippen LogP contribution in [0.2, 0.25) is 0 Å². The van der Waals surface area contributed by atoms with Crippen molar-refractivity contribution in [3.05, 3.63) is 56.4 Å². The topological polar surface area (TPSA) is 109 Å². The number of carbonyl (C=O) groups excluding carboxylic acids is 1.